The van der Waals surface area contributed by atoms with E-state index in [1.807, 2.05) is 30.3 Å². The van der Waals surface area contributed by atoms with E-state index in [1.165, 1.54) is 6.26 Å². The molecule has 0 aliphatic rings. The van der Waals surface area contributed by atoms with Crippen LogP contribution in [0.2, 0.25) is 0 Å². The Morgan fingerprint density at radius 1 is 1.18 bits per heavy atom. The monoisotopic (exact) mass is 225 g/mol. The molecule has 0 atom stereocenters. The maximum Gasteiger partial charge on any atom is 0.287 e. The van der Waals surface area contributed by atoms with Crippen molar-refractivity contribution in [2.75, 3.05) is 6.54 Å². The molecule has 0 saturated carbocycles. The molecular formula is C14H11NO2. The summed E-state index contributed by atoms with van der Waals surface area (Å²) < 4.78 is 4.95. The maximum atomic E-state index is 11.4. The number of amides is 1. The van der Waals surface area contributed by atoms with Gasteiger partial charge in [0.1, 0.15) is 0 Å². The standard InChI is InChI=1S/C14H11NO2/c16-14(13-9-5-11-17-13)15-10-4-8-12-6-2-1-3-7-12/h1-3,5-7,9,11H,10H2,(H,15,16). The zero-order valence-corrected chi connectivity index (χ0v) is 9.14. The maximum absolute atomic E-state index is 11.4. The number of nitrogens with one attached hydrogen (secondary N) is 1. The van der Waals surface area contributed by atoms with Crippen molar-refractivity contribution in [1.82, 2.24) is 5.32 Å². The molecule has 1 aromatic carbocycles. The molecule has 0 radical (unpaired) electrons. The van der Waals surface area contributed by atoms with Crippen LogP contribution < -0.4 is 5.32 Å². The highest BCUT2D eigenvalue weighted by Crippen LogP contribution is 1.98. The lowest BCUT2D eigenvalue weighted by molar-refractivity contribution is 0.0931. The molecule has 2 rings (SSSR count). The third-order valence-corrected chi connectivity index (χ3v) is 2.09. The first-order valence-electron chi connectivity index (χ1n) is 5.22. The largest absolute Gasteiger partial charge is 0.459 e. The van der Waals surface area contributed by atoms with Crippen molar-refractivity contribution in [2.45, 2.75) is 0 Å². The smallest absolute Gasteiger partial charge is 0.287 e. The molecule has 3 nitrogen and oxygen atoms in total. The minimum absolute atomic E-state index is 0.252. The normalized spacial score (nSPS) is 9.18. The Morgan fingerprint density at radius 2 is 2.00 bits per heavy atom. The van der Waals surface area contributed by atoms with Crippen LogP contribution in [-0.4, -0.2) is 12.5 Å². The van der Waals surface area contributed by atoms with Gasteiger partial charge in [-0.15, -0.1) is 0 Å². The molecule has 0 aliphatic heterocycles. The van der Waals surface area contributed by atoms with E-state index in [-0.39, 0.29) is 5.91 Å². The molecule has 0 unspecified atom stereocenters. The van der Waals surface area contributed by atoms with Crippen molar-refractivity contribution >= 4 is 5.91 Å². The Kier molecular flexibility index (Phi) is 3.61. The number of furan rings is 1. The molecule has 0 spiro atoms. The van der Waals surface area contributed by atoms with Gasteiger partial charge in [0.05, 0.1) is 12.8 Å². The second kappa shape index (κ2) is 5.57. The number of rotatable bonds is 2. The SMILES string of the molecule is O=C(NCC#Cc1ccccc1)c1ccco1. The van der Waals surface area contributed by atoms with E-state index in [4.69, 9.17) is 4.42 Å². The Balaban J connectivity index is 1.85. The second-order valence-corrected chi connectivity index (χ2v) is 3.33. The fourth-order valence-corrected chi connectivity index (χ4v) is 1.29. The van der Waals surface area contributed by atoms with Crippen LogP contribution in [0.5, 0.6) is 0 Å². The highest BCUT2D eigenvalue weighted by molar-refractivity contribution is 5.91. The van der Waals surface area contributed by atoms with E-state index in [1.54, 1.807) is 12.1 Å². The average molecular weight is 225 g/mol. The predicted octanol–water partition coefficient (Wildman–Crippen LogP) is 2.06. The first-order chi connectivity index (χ1) is 8.36. The summed E-state index contributed by atoms with van der Waals surface area (Å²) in [5.41, 5.74) is 0.930. The molecule has 2 aromatic rings. The van der Waals surface area contributed by atoms with Crippen LogP contribution in [0.3, 0.4) is 0 Å². The summed E-state index contributed by atoms with van der Waals surface area (Å²) in [5, 5.41) is 2.65. The molecule has 17 heavy (non-hydrogen) atoms. The molecule has 1 amide bonds. The van der Waals surface area contributed by atoms with E-state index >= 15 is 0 Å². The lowest BCUT2D eigenvalue weighted by Gasteiger charge is -1.95. The fraction of sp³-hybridized carbons (Fsp3) is 0.0714. The van der Waals surface area contributed by atoms with Crippen molar-refractivity contribution in [2.24, 2.45) is 0 Å². The second-order valence-electron chi connectivity index (χ2n) is 3.33. The van der Waals surface area contributed by atoms with Crippen molar-refractivity contribution < 1.29 is 9.21 Å². The molecule has 1 aromatic heterocycles. The van der Waals surface area contributed by atoms with Crippen molar-refractivity contribution in [3.8, 4) is 11.8 Å². The van der Waals surface area contributed by atoms with Gasteiger partial charge in [-0.1, -0.05) is 30.0 Å². The molecule has 3 heteroatoms. The number of hydrogen-bond acceptors (Lipinski definition) is 2. The zero-order chi connectivity index (χ0) is 11.9. The van der Waals surface area contributed by atoms with Gasteiger partial charge in [-0.3, -0.25) is 4.79 Å². The van der Waals surface area contributed by atoms with Crippen molar-refractivity contribution in [3.63, 3.8) is 0 Å². The van der Waals surface area contributed by atoms with Gasteiger partial charge in [-0.25, -0.2) is 0 Å². The molecule has 0 aliphatic carbocycles. The van der Waals surface area contributed by atoms with Crippen LogP contribution in [0.15, 0.2) is 53.1 Å². The van der Waals surface area contributed by atoms with Crippen LogP contribution in [0.4, 0.5) is 0 Å². The molecule has 0 fully saturated rings. The first kappa shape index (κ1) is 11.0. The lowest BCUT2D eigenvalue weighted by Crippen LogP contribution is -2.22. The molecule has 1 heterocycles. The van der Waals surface area contributed by atoms with Gasteiger partial charge in [0, 0.05) is 5.56 Å². The third kappa shape index (κ3) is 3.25. The van der Waals surface area contributed by atoms with Gasteiger partial charge in [-0.05, 0) is 24.3 Å². The highest BCUT2D eigenvalue weighted by atomic mass is 16.3. The minimum atomic E-state index is -0.252. The topological polar surface area (TPSA) is 42.2 Å². The minimum Gasteiger partial charge on any atom is -0.459 e. The van der Waals surface area contributed by atoms with Crippen LogP contribution >= 0.6 is 0 Å². The van der Waals surface area contributed by atoms with E-state index in [0.29, 0.717) is 12.3 Å². The van der Waals surface area contributed by atoms with Crippen LogP contribution in [0.25, 0.3) is 0 Å². The van der Waals surface area contributed by atoms with E-state index in [2.05, 4.69) is 17.2 Å². The molecule has 1 N–H and O–H groups in total. The van der Waals surface area contributed by atoms with Crippen LogP contribution in [-0.2, 0) is 0 Å². The Labute approximate surface area is 99.5 Å². The highest BCUT2D eigenvalue weighted by Gasteiger charge is 2.05. The fourth-order valence-electron chi connectivity index (χ4n) is 1.29. The number of hydrogen-bond donors (Lipinski definition) is 1. The summed E-state index contributed by atoms with van der Waals surface area (Å²) in [6.07, 6.45) is 1.46. The Bertz CT molecular complexity index is 533. The van der Waals surface area contributed by atoms with Gasteiger partial charge in [0.15, 0.2) is 5.76 Å². The van der Waals surface area contributed by atoms with Gasteiger partial charge < -0.3 is 9.73 Å². The summed E-state index contributed by atoms with van der Waals surface area (Å²) in [5.74, 6) is 5.87. The van der Waals surface area contributed by atoms with Gasteiger partial charge >= 0.3 is 0 Å². The molecular weight excluding hydrogens is 214 g/mol. The summed E-state index contributed by atoms with van der Waals surface area (Å²) in [4.78, 5) is 11.4. The van der Waals surface area contributed by atoms with Gasteiger partial charge in [-0.2, -0.15) is 0 Å². The number of carbonyl (C=O) groups is 1. The van der Waals surface area contributed by atoms with E-state index in [9.17, 15) is 4.79 Å². The lowest BCUT2D eigenvalue weighted by atomic mass is 10.2. The summed E-state index contributed by atoms with van der Waals surface area (Å²) in [6.45, 7) is 0.300. The summed E-state index contributed by atoms with van der Waals surface area (Å²) in [7, 11) is 0. The average Bonchev–Trinajstić information content (AvgIpc) is 2.89. The molecule has 0 bridgehead atoms. The Morgan fingerprint density at radius 3 is 2.71 bits per heavy atom. The predicted molar refractivity (Wildman–Crippen MR) is 64.4 cm³/mol. The zero-order valence-electron chi connectivity index (χ0n) is 9.14. The van der Waals surface area contributed by atoms with Crippen LogP contribution in [0, 0.1) is 11.8 Å². The van der Waals surface area contributed by atoms with Crippen LogP contribution in [0.1, 0.15) is 16.1 Å². The van der Waals surface area contributed by atoms with E-state index < -0.39 is 0 Å². The summed E-state index contributed by atoms with van der Waals surface area (Å²) >= 11 is 0. The molecule has 84 valence electrons. The third-order valence-electron chi connectivity index (χ3n) is 2.09. The summed E-state index contributed by atoms with van der Waals surface area (Å²) in [6, 6.07) is 12.9. The Hall–Kier alpha value is -2.47. The molecule has 0 saturated heterocycles. The van der Waals surface area contributed by atoms with E-state index in [0.717, 1.165) is 5.56 Å². The van der Waals surface area contributed by atoms with Gasteiger partial charge in [0.2, 0.25) is 0 Å². The number of benzene rings is 1. The quantitative estimate of drug-likeness (QED) is 0.795. The number of carbonyl (C=O) groups excluding carboxylic acids is 1. The van der Waals surface area contributed by atoms with Crippen molar-refractivity contribution in [3.05, 3.63) is 60.1 Å². The van der Waals surface area contributed by atoms with Crippen molar-refractivity contribution in [1.29, 1.82) is 0 Å². The van der Waals surface area contributed by atoms with Gasteiger partial charge in [0.25, 0.3) is 5.91 Å². The first-order valence-corrected chi connectivity index (χ1v) is 5.22.